The third-order valence-electron chi connectivity index (χ3n) is 5.95. The molecule has 0 unspecified atom stereocenters. The first-order valence-electron chi connectivity index (χ1n) is 10.9. The van der Waals surface area contributed by atoms with E-state index in [1.165, 1.54) is 0 Å². The minimum atomic E-state index is 0.490. The van der Waals surface area contributed by atoms with Crippen LogP contribution in [0.25, 0.3) is 0 Å². The molecule has 1 aromatic carbocycles. The van der Waals surface area contributed by atoms with E-state index in [-0.39, 0.29) is 0 Å². The van der Waals surface area contributed by atoms with E-state index in [0.717, 1.165) is 55.4 Å². The lowest BCUT2D eigenvalue weighted by Crippen LogP contribution is -2.43. The Hall–Kier alpha value is -2.87. The molecule has 0 aliphatic carbocycles. The molecular formula is C23H35N7O. The summed E-state index contributed by atoms with van der Waals surface area (Å²) in [6, 6.07) is 10.4. The van der Waals surface area contributed by atoms with Gasteiger partial charge in [-0.25, -0.2) is 4.98 Å². The monoisotopic (exact) mass is 425 g/mol. The van der Waals surface area contributed by atoms with Crippen molar-refractivity contribution in [1.29, 1.82) is 0 Å². The first kappa shape index (κ1) is 22.8. The molecule has 0 saturated carbocycles. The Balaban J connectivity index is 1.75. The summed E-state index contributed by atoms with van der Waals surface area (Å²) in [5, 5.41) is 3.30. The molecular weight excluding hydrogens is 390 g/mol. The fraction of sp³-hybridized carbons (Fsp3) is 0.522. The summed E-state index contributed by atoms with van der Waals surface area (Å²) in [5.41, 5.74) is 1.88. The maximum Gasteiger partial charge on any atom is 0.231 e. The molecule has 0 radical (unpaired) electrons. The number of rotatable bonds is 6. The number of ether oxygens (including phenoxy) is 1. The average Bonchev–Trinajstić information content (AvgIpc) is 2.81. The number of likely N-dealkylation sites (tertiary alicyclic amines) is 1. The average molecular weight is 426 g/mol. The van der Waals surface area contributed by atoms with E-state index < -0.39 is 0 Å². The van der Waals surface area contributed by atoms with Crippen LogP contribution in [0, 0.1) is 6.92 Å². The van der Waals surface area contributed by atoms with Gasteiger partial charge in [-0.3, -0.25) is 10.3 Å². The van der Waals surface area contributed by atoms with Crippen LogP contribution in [0.5, 0.6) is 5.75 Å². The molecule has 8 nitrogen and oxygen atoms in total. The van der Waals surface area contributed by atoms with Gasteiger partial charge < -0.3 is 19.4 Å². The van der Waals surface area contributed by atoms with Crippen molar-refractivity contribution in [3.05, 3.63) is 36.0 Å². The normalized spacial score (nSPS) is 15.6. The zero-order chi connectivity index (χ0) is 22.4. The summed E-state index contributed by atoms with van der Waals surface area (Å²) in [5.74, 6) is 2.93. The second kappa shape index (κ2) is 10.4. The summed E-state index contributed by atoms with van der Waals surface area (Å²) >= 11 is 0. The minimum Gasteiger partial charge on any atom is -0.497 e. The summed E-state index contributed by atoms with van der Waals surface area (Å²) in [6.45, 7) is 7.62. The van der Waals surface area contributed by atoms with Crippen LogP contribution < -0.4 is 19.9 Å². The lowest BCUT2D eigenvalue weighted by Gasteiger charge is -2.37. The number of methoxy groups -OCH3 is 1. The highest BCUT2D eigenvalue weighted by molar-refractivity contribution is 6.04. The van der Waals surface area contributed by atoms with Crippen LogP contribution in [0.1, 0.15) is 25.5 Å². The van der Waals surface area contributed by atoms with Gasteiger partial charge in [-0.2, -0.15) is 4.98 Å². The molecule has 0 atom stereocenters. The Kier molecular flexibility index (Phi) is 7.68. The van der Waals surface area contributed by atoms with E-state index in [9.17, 15) is 0 Å². The molecule has 8 heteroatoms. The van der Waals surface area contributed by atoms with Gasteiger partial charge in [-0.1, -0.05) is 13.0 Å². The van der Waals surface area contributed by atoms with Crippen molar-refractivity contribution in [2.24, 2.45) is 4.99 Å². The number of nitrogens with zero attached hydrogens (tertiary/aromatic N) is 6. The Morgan fingerprint density at radius 2 is 1.97 bits per heavy atom. The number of aryl methyl sites for hydroxylation is 1. The van der Waals surface area contributed by atoms with Gasteiger partial charge in [0.05, 0.1) is 7.11 Å². The van der Waals surface area contributed by atoms with Crippen molar-refractivity contribution in [2.75, 3.05) is 63.0 Å². The van der Waals surface area contributed by atoms with Crippen LogP contribution in [0.3, 0.4) is 0 Å². The van der Waals surface area contributed by atoms with Crippen LogP contribution in [0.2, 0.25) is 0 Å². The topological polar surface area (TPSA) is 69.1 Å². The first-order chi connectivity index (χ1) is 14.9. The minimum absolute atomic E-state index is 0.490. The third-order valence-corrected chi connectivity index (χ3v) is 5.95. The van der Waals surface area contributed by atoms with Crippen molar-refractivity contribution in [1.82, 2.24) is 14.9 Å². The lowest BCUT2D eigenvalue weighted by molar-refractivity contribution is 0.220. The van der Waals surface area contributed by atoms with Crippen molar-refractivity contribution in [3.63, 3.8) is 0 Å². The fourth-order valence-corrected chi connectivity index (χ4v) is 3.93. The molecule has 0 amide bonds. The van der Waals surface area contributed by atoms with Gasteiger partial charge in [-0.05, 0) is 38.4 Å². The second-order valence-electron chi connectivity index (χ2n) is 7.90. The standard InChI is InChI=1S/C23H35N7O/c1-7-30-13-11-18(12-14-30)28(4)21-15-17(2)25-22(26-21)27-23(24-3)29(5)19-9-8-10-20(16-19)31-6/h8-10,15-16,18H,7,11-14H2,1-6H3,(H,24,25,26,27). The highest BCUT2D eigenvalue weighted by Gasteiger charge is 2.23. The summed E-state index contributed by atoms with van der Waals surface area (Å²) in [4.78, 5) is 20.6. The predicted molar refractivity (Wildman–Crippen MR) is 129 cm³/mol. The number of anilines is 3. The smallest absolute Gasteiger partial charge is 0.231 e. The van der Waals surface area contributed by atoms with Crippen molar-refractivity contribution in [3.8, 4) is 5.75 Å². The molecule has 168 valence electrons. The summed E-state index contributed by atoms with van der Waals surface area (Å²) in [6.07, 6.45) is 2.30. The van der Waals surface area contributed by atoms with Crippen molar-refractivity contribution < 1.29 is 4.74 Å². The molecule has 3 rings (SSSR count). The van der Waals surface area contributed by atoms with Crippen LogP contribution in [-0.2, 0) is 0 Å². The molecule has 1 saturated heterocycles. The number of benzene rings is 1. The SMILES string of the molecule is CCN1CCC(N(C)c2cc(C)nc(N/C(=N/C)N(C)c3cccc(OC)c3)n2)CC1. The van der Waals surface area contributed by atoms with Gasteiger partial charge in [0.15, 0.2) is 0 Å². The number of aromatic nitrogens is 2. The van der Waals surface area contributed by atoms with Crippen LogP contribution in [0.15, 0.2) is 35.3 Å². The molecule has 1 aliphatic rings. The number of hydrogen-bond donors (Lipinski definition) is 1. The summed E-state index contributed by atoms with van der Waals surface area (Å²) in [7, 11) is 7.50. The highest BCUT2D eigenvalue weighted by atomic mass is 16.5. The number of hydrogen-bond acceptors (Lipinski definition) is 6. The van der Waals surface area contributed by atoms with Gasteiger partial charge in [-0.15, -0.1) is 0 Å². The third kappa shape index (κ3) is 5.64. The highest BCUT2D eigenvalue weighted by Crippen LogP contribution is 2.23. The summed E-state index contributed by atoms with van der Waals surface area (Å²) < 4.78 is 5.35. The van der Waals surface area contributed by atoms with E-state index >= 15 is 0 Å². The lowest BCUT2D eigenvalue weighted by atomic mass is 10.0. The quantitative estimate of drug-likeness (QED) is 0.563. The molecule has 0 spiro atoms. The van der Waals surface area contributed by atoms with E-state index in [1.807, 2.05) is 49.2 Å². The van der Waals surface area contributed by atoms with E-state index in [1.54, 1.807) is 14.2 Å². The largest absolute Gasteiger partial charge is 0.497 e. The molecule has 0 bridgehead atoms. The molecule has 2 aromatic rings. The molecule has 1 aromatic heterocycles. The van der Waals surface area contributed by atoms with Crippen LogP contribution in [-0.4, -0.2) is 74.8 Å². The second-order valence-corrected chi connectivity index (χ2v) is 7.90. The Bertz CT molecular complexity index is 893. The van der Waals surface area contributed by atoms with Gasteiger partial charge in [0.2, 0.25) is 11.9 Å². The number of nitrogens with one attached hydrogen (secondary N) is 1. The maximum atomic E-state index is 5.35. The molecule has 2 heterocycles. The Labute approximate surface area is 186 Å². The molecule has 1 N–H and O–H groups in total. The Morgan fingerprint density at radius 1 is 1.23 bits per heavy atom. The van der Waals surface area contributed by atoms with Crippen molar-refractivity contribution >= 4 is 23.4 Å². The van der Waals surface area contributed by atoms with Crippen LogP contribution in [0.4, 0.5) is 17.5 Å². The van der Waals surface area contributed by atoms with Gasteiger partial charge in [0, 0.05) is 63.8 Å². The number of guanidine groups is 1. The van der Waals surface area contributed by atoms with Crippen LogP contribution >= 0.6 is 0 Å². The molecule has 1 fully saturated rings. The van der Waals surface area contributed by atoms with Crippen molar-refractivity contribution in [2.45, 2.75) is 32.7 Å². The van der Waals surface area contributed by atoms with Gasteiger partial charge in [0.25, 0.3) is 0 Å². The first-order valence-corrected chi connectivity index (χ1v) is 10.9. The fourth-order valence-electron chi connectivity index (χ4n) is 3.93. The Morgan fingerprint density at radius 3 is 2.61 bits per heavy atom. The van der Waals surface area contributed by atoms with E-state index in [4.69, 9.17) is 9.72 Å². The van der Waals surface area contributed by atoms with E-state index in [2.05, 4.69) is 39.1 Å². The van der Waals surface area contributed by atoms with Gasteiger partial charge in [0.1, 0.15) is 11.6 Å². The molecule has 1 aliphatic heterocycles. The predicted octanol–water partition coefficient (Wildman–Crippen LogP) is 3.25. The zero-order valence-corrected chi connectivity index (χ0v) is 19.6. The number of aliphatic imine (C=N–C) groups is 1. The maximum absolute atomic E-state index is 5.35. The zero-order valence-electron chi connectivity index (χ0n) is 19.6. The van der Waals surface area contributed by atoms with Gasteiger partial charge >= 0.3 is 0 Å². The van der Waals surface area contributed by atoms with E-state index in [0.29, 0.717) is 17.9 Å². The number of piperidine rings is 1. The molecule has 31 heavy (non-hydrogen) atoms.